The first-order chi connectivity index (χ1) is 12.0. The molecule has 5 heteroatoms. The summed E-state index contributed by atoms with van der Waals surface area (Å²) < 4.78 is 5.41. The van der Waals surface area contributed by atoms with Crippen LogP contribution in [0.2, 0.25) is 0 Å². The zero-order valence-electron chi connectivity index (χ0n) is 15.3. The van der Waals surface area contributed by atoms with E-state index >= 15 is 0 Å². The number of hydrogen-bond donors (Lipinski definition) is 0. The fraction of sp³-hybridized carbons (Fsp3) is 0.500. The Morgan fingerprint density at radius 1 is 1.24 bits per heavy atom. The van der Waals surface area contributed by atoms with Gasteiger partial charge in [0.1, 0.15) is 0 Å². The van der Waals surface area contributed by atoms with E-state index in [0.29, 0.717) is 18.2 Å². The van der Waals surface area contributed by atoms with Gasteiger partial charge in [-0.25, -0.2) is 0 Å². The monoisotopic (exact) mass is 341 g/mol. The van der Waals surface area contributed by atoms with Gasteiger partial charge in [0.15, 0.2) is 11.5 Å². The zero-order chi connectivity index (χ0) is 17.8. The zero-order valence-corrected chi connectivity index (χ0v) is 15.3. The van der Waals surface area contributed by atoms with Crippen LogP contribution in [0.3, 0.4) is 0 Å². The lowest BCUT2D eigenvalue weighted by Crippen LogP contribution is -2.38. The highest BCUT2D eigenvalue weighted by atomic mass is 16.5. The second-order valence-electron chi connectivity index (χ2n) is 7.33. The third-order valence-electron chi connectivity index (χ3n) is 4.54. The molecule has 0 aliphatic heterocycles. The Kier molecular flexibility index (Phi) is 5.53. The van der Waals surface area contributed by atoms with Gasteiger partial charge >= 0.3 is 0 Å². The summed E-state index contributed by atoms with van der Waals surface area (Å²) >= 11 is 0. The summed E-state index contributed by atoms with van der Waals surface area (Å²) in [5.74, 6) is 1.36. The molecule has 0 bridgehead atoms. The normalized spacial score (nSPS) is 14.3. The number of nitrogens with zero attached hydrogens (tertiary/aromatic N) is 3. The van der Waals surface area contributed by atoms with Crippen LogP contribution in [0.4, 0.5) is 0 Å². The molecule has 1 aromatic heterocycles. The third kappa shape index (κ3) is 4.92. The van der Waals surface area contributed by atoms with E-state index < -0.39 is 0 Å². The van der Waals surface area contributed by atoms with Crippen molar-refractivity contribution >= 4 is 5.91 Å². The summed E-state index contributed by atoms with van der Waals surface area (Å²) in [6.45, 7) is 6.38. The first-order valence-electron chi connectivity index (χ1n) is 9.02. The molecule has 1 saturated carbocycles. The molecule has 0 radical (unpaired) electrons. The minimum Gasteiger partial charge on any atom is -0.359 e. The van der Waals surface area contributed by atoms with Gasteiger partial charge in [-0.05, 0) is 45.2 Å². The van der Waals surface area contributed by atoms with Crippen LogP contribution in [0.1, 0.15) is 48.5 Å². The highest BCUT2D eigenvalue weighted by molar-refractivity contribution is 5.92. The molecule has 1 heterocycles. The van der Waals surface area contributed by atoms with Crippen LogP contribution in [-0.4, -0.2) is 40.5 Å². The number of aromatic nitrogens is 1. The molecule has 5 nitrogen and oxygen atoms in total. The molecular weight excluding hydrogens is 314 g/mol. The van der Waals surface area contributed by atoms with Gasteiger partial charge in [-0.1, -0.05) is 35.5 Å². The van der Waals surface area contributed by atoms with Crippen molar-refractivity contribution in [2.75, 3.05) is 13.6 Å². The predicted octanol–water partition coefficient (Wildman–Crippen LogP) is 3.57. The molecule has 0 atom stereocenters. The number of carbonyl (C=O) groups is 1. The Balaban J connectivity index is 1.59. The van der Waals surface area contributed by atoms with Crippen molar-refractivity contribution in [1.29, 1.82) is 0 Å². The minimum atomic E-state index is -0.0254. The quantitative estimate of drug-likeness (QED) is 0.736. The Morgan fingerprint density at radius 2 is 1.96 bits per heavy atom. The Hall–Kier alpha value is -2.14. The second kappa shape index (κ2) is 7.83. The highest BCUT2D eigenvalue weighted by Gasteiger charge is 2.30. The van der Waals surface area contributed by atoms with Crippen molar-refractivity contribution in [2.24, 2.45) is 5.92 Å². The summed E-state index contributed by atoms with van der Waals surface area (Å²) in [4.78, 5) is 16.8. The molecule has 0 spiro atoms. The molecule has 0 N–H and O–H groups in total. The highest BCUT2D eigenvalue weighted by Crippen LogP contribution is 2.30. The van der Waals surface area contributed by atoms with E-state index in [9.17, 15) is 4.79 Å². The van der Waals surface area contributed by atoms with Gasteiger partial charge in [0.2, 0.25) is 0 Å². The maximum atomic E-state index is 12.7. The van der Waals surface area contributed by atoms with E-state index in [-0.39, 0.29) is 11.9 Å². The van der Waals surface area contributed by atoms with Gasteiger partial charge in [0, 0.05) is 25.2 Å². The van der Waals surface area contributed by atoms with Crippen molar-refractivity contribution < 1.29 is 9.32 Å². The van der Waals surface area contributed by atoms with E-state index in [1.54, 1.807) is 6.07 Å². The second-order valence-corrected chi connectivity index (χ2v) is 7.33. The molecule has 1 aliphatic carbocycles. The number of amides is 1. The third-order valence-corrected chi connectivity index (χ3v) is 4.54. The molecule has 134 valence electrons. The van der Waals surface area contributed by atoms with Gasteiger partial charge < -0.3 is 9.42 Å². The van der Waals surface area contributed by atoms with E-state index in [0.717, 1.165) is 18.8 Å². The van der Waals surface area contributed by atoms with Crippen LogP contribution < -0.4 is 0 Å². The van der Waals surface area contributed by atoms with E-state index in [1.165, 1.54) is 18.4 Å². The van der Waals surface area contributed by atoms with Crippen molar-refractivity contribution in [3.63, 3.8) is 0 Å². The van der Waals surface area contributed by atoms with Crippen molar-refractivity contribution in [1.82, 2.24) is 15.0 Å². The Labute approximate surface area is 149 Å². The summed E-state index contributed by atoms with van der Waals surface area (Å²) in [5.41, 5.74) is 1.66. The molecule has 2 aromatic rings. The standard InChI is InChI=1S/C20H27N3O2/c1-15(2)23(13-17-9-10-17)20(24)19-11-18(25-21-19)14-22(3)12-16-7-5-4-6-8-16/h4-8,11,15,17H,9-10,12-14H2,1-3H3. The SMILES string of the molecule is CC(C)N(CC1CC1)C(=O)c1cc(CN(C)Cc2ccccc2)on1. The van der Waals surface area contributed by atoms with Gasteiger partial charge in [-0.15, -0.1) is 0 Å². The summed E-state index contributed by atoms with van der Waals surface area (Å²) in [6.07, 6.45) is 2.45. The maximum Gasteiger partial charge on any atom is 0.276 e. The van der Waals surface area contributed by atoms with Gasteiger partial charge in [-0.2, -0.15) is 0 Å². The number of hydrogen-bond acceptors (Lipinski definition) is 4. The molecule has 0 unspecified atom stereocenters. The number of rotatable bonds is 8. The molecule has 1 amide bonds. The molecule has 1 aliphatic rings. The summed E-state index contributed by atoms with van der Waals surface area (Å²) in [7, 11) is 2.03. The van der Waals surface area contributed by atoms with Gasteiger partial charge in [0.05, 0.1) is 6.54 Å². The first kappa shape index (κ1) is 17.7. The van der Waals surface area contributed by atoms with Crippen LogP contribution in [0.15, 0.2) is 40.9 Å². The molecule has 25 heavy (non-hydrogen) atoms. The average Bonchev–Trinajstić information content (AvgIpc) is 3.29. The predicted molar refractivity (Wildman–Crippen MR) is 97.0 cm³/mol. The van der Waals surface area contributed by atoms with E-state index in [1.807, 2.05) is 30.1 Å². The fourth-order valence-electron chi connectivity index (χ4n) is 2.96. The number of benzene rings is 1. The Morgan fingerprint density at radius 3 is 2.60 bits per heavy atom. The maximum absolute atomic E-state index is 12.7. The summed E-state index contributed by atoms with van der Waals surface area (Å²) in [5, 5.41) is 4.01. The lowest BCUT2D eigenvalue weighted by atomic mass is 10.2. The topological polar surface area (TPSA) is 49.6 Å². The van der Waals surface area contributed by atoms with E-state index in [4.69, 9.17) is 4.52 Å². The lowest BCUT2D eigenvalue weighted by Gasteiger charge is -2.25. The number of carbonyl (C=O) groups excluding carboxylic acids is 1. The van der Waals surface area contributed by atoms with Crippen LogP contribution in [0, 0.1) is 5.92 Å². The molecule has 1 aromatic carbocycles. The van der Waals surface area contributed by atoms with Crippen LogP contribution in [-0.2, 0) is 13.1 Å². The molecule has 1 fully saturated rings. The summed E-state index contributed by atoms with van der Waals surface area (Å²) in [6, 6.07) is 12.2. The van der Waals surface area contributed by atoms with Crippen molar-refractivity contribution in [2.45, 2.75) is 45.8 Å². The molecule has 0 saturated heterocycles. The van der Waals surface area contributed by atoms with E-state index in [2.05, 4.69) is 36.0 Å². The van der Waals surface area contributed by atoms with Crippen molar-refractivity contribution in [3.8, 4) is 0 Å². The smallest absolute Gasteiger partial charge is 0.276 e. The van der Waals surface area contributed by atoms with Crippen LogP contribution >= 0.6 is 0 Å². The first-order valence-corrected chi connectivity index (χ1v) is 9.02. The Bertz CT molecular complexity index is 692. The van der Waals surface area contributed by atoms with Crippen molar-refractivity contribution in [3.05, 3.63) is 53.4 Å². The van der Waals surface area contributed by atoms with Gasteiger partial charge in [0.25, 0.3) is 5.91 Å². The van der Waals surface area contributed by atoms with Crippen LogP contribution in [0.25, 0.3) is 0 Å². The van der Waals surface area contributed by atoms with Crippen LogP contribution in [0.5, 0.6) is 0 Å². The minimum absolute atomic E-state index is 0.0254. The lowest BCUT2D eigenvalue weighted by molar-refractivity contribution is 0.0685. The van der Waals surface area contributed by atoms with Gasteiger partial charge in [-0.3, -0.25) is 9.69 Å². The largest absolute Gasteiger partial charge is 0.359 e. The molecule has 3 rings (SSSR count). The average molecular weight is 341 g/mol. The fourth-order valence-corrected chi connectivity index (χ4v) is 2.96. The molecular formula is C20H27N3O2.